The van der Waals surface area contributed by atoms with Gasteiger partial charge in [-0.15, -0.1) is 0 Å². The van der Waals surface area contributed by atoms with Gasteiger partial charge in [-0.3, -0.25) is 0 Å². The molecule has 5 nitrogen and oxygen atoms in total. The SMILES string of the molecule is CCCCOC(=O)C(NC(=O)C([I-]NCC(F)(F)F)c1ccccc1)[I-]Cc1ccccc1. The second-order valence-corrected chi connectivity index (χ2v) is 12.5. The molecule has 0 saturated carbocycles. The van der Waals surface area contributed by atoms with Crippen LogP contribution in [0.1, 0.15) is 34.8 Å². The molecule has 0 bridgehead atoms. The Bertz CT molecular complexity index is 855. The van der Waals surface area contributed by atoms with Crippen LogP contribution in [0, 0.1) is 0 Å². The first-order valence-corrected chi connectivity index (χ1v) is 15.5. The van der Waals surface area contributed by atoms with E-state index in [9.17, 15) is 22.8 Å². The summed E-state index contributed by atoms with van der Waals surface area (Å²) >= 11 is -2.21. The first-order chi connectivity index (χ1) is 15.8. The minimum absolute atomic E-state index is 0.277. The van der Waals surface area contributed by atoms with Gasteiger partial charge in [0.2, 0.25) is 0 Å². The molecule has 0 spiro atoms. The molecule has 0 aliphatic carbocycles. The third kappa shape index (κ3) is 11.0. The van der Waals surface area contributed by atoms with Crippen molar-refractivity contribution in [1.82, 2.24) is 8.85 Å². The Morgan fingerprint density at radius 3 is 2.27 bits per heavy atom. The molecule has 0 heterocycles. The van der Waals surface area contributed by atoms with Gasteiger partial charge in [0.05, 0.1) is 0 Å². The van der Waals surface area contributed by atoms with Crippen molar-refractivity contribution in [2.45, 2.75) is 38.3 Å². The van der Waals surface area contributed by atoms with Crippen molar-refractivity contribution in [2.75, 3.05) is 13.2 Å². The van der Waals surface area contributed by atoms with E-state index in [0.29, 0.717) is 9.99 Å². The van der Waals surface area contributed by atoms with Gasteiger partial charge >= 0.3 is 214 Å². The Balaban J connectivity index is 2.12. The average Bonchev–Trinajstić information content (AvgIpc) is 2.80. The van der Waals surface area contributed by atoms with E-state index in [1.54, 1.807) is 30.3 Å². The summed E-state index contributed by atoms with van der Waals surface area (Å²) in [6, 6.07) is 18.3. The fourth-order valence-electron chi connectivity index (χ4n) is 2.56. The van der Waals surface area contributed by atoms with Crippen LogP contribution in [0.3, 0.4) is 0 Å². The zero-order valence-corrected chi connectivity index (χ0v) is 22.4. The van der Waals surface area contributed by atoms with E-state index < -0.39 is 75.3 Å². The van der Waals surface area contributed by atoms with Gasteiger partial charge in [0, 0.05) is 0 Å². The molecular formula is C23H27F3I2N2O3-2. The van der Waals surface area contributed by atoms with Gasteiger partial charge in [0.1, 0.15) is 0 Å². The van der Waals surface area contributed by atoms with Crippen molar-refractivity contribution >= 4 is 11.9 Å². The van der Waals surface area contributed by atoms with Crippen LogP contribution >= 0.6 is 0 Å². The average molecular weight is 690 g/mol. The van der Waals surface area contributed by atoms with Crippen molar-refractivity contribution in [3.8, 4) is 0 Å². The number of ether oxygens (including phenoxy) is 1. The fraction of sp³-hybridized carbons (Fsp3) is 0.391. The number of carbonyl (C=O) groups excluding carboxylic acids is 2. The molecule has 0 radical (unpaired) electrons. The van der Waals surface area contributed by atoms with Crippen molar-refractivity contribution in [3.05, 3.63) is 71.8 Å². The summed E-state index contributed by atoms with van der Waals surface area (Å²) in [5, 5.41) is 2.80. The third-order valence-corrected chi connectivity index (χ3v) is 9.97. The Morgan fingerprint density at radius 1 is 1.03 bits per heavy atom. The van der Waals surface area contributed by atoms with Gasteiger partial charge in [-0.05, 0) is 0 Å². The fourth-order valence-corrected chi connectivity index (χ4v) is 7.41. The Kier molecular flexibility index (Phi) is 12.5. The van der Waals surface area contributed by atoms with Crippen LogP contribution < -0.4 is 51.5 Å². The summed E-state index contributed by atoms with van der Waals surface area (Å²) in [7, 11) is 0. The second kappa shape index (κ2) is 14.8. The van der Waals surface area contributed by atoms with E-state index in [4.69, 9.17) is 4.74 Å². The van der Waals surface area contributed by atoms with E-state index in [2.05, 4.69) is 8.85 Å². The molecule has 0 aliphatic heterocycles. The molecule has 0 fully saturated rings. The molecule has 10 heteroatoms. The Hall–Kier alpha value is -1.41. The summed E-state index contributed by atoms with van der Waals surface area (Å²) in [5.41, 5.74) is 1.68. The minimum atomic E-state index is -4.36. The van der Waals surface area contributed by atoms with Crippen LogP contribution in [-0.4, -0.2) is 35.3 Å². The van der Waals surface area contributed by atoms with Crippen molar-refractivity contribution < 1.29 is 70.2 Å². The summed E-state index contributed by atoms with van der Waals surface area (Å²) in [4.78, 5) is 25.9. The number of esters is 1. The van der Waals surface area contributed by atoms with Gasteiger partial charge < -0.3 is 0 Å². The summed E-state index contributed by atoms with van der Waals surface area (Å²) in [6.07, 6.45) is -2.76. The summed E-state index contributed by atoms with van der Waals surface area (Å²) in [5.74, 6) is -0.928. The number of amides is 1. The number of hydrogen-bond acceptors (Lipinski definition) is 4. The molecule has 2 aromatic carbocycles. The van der Waals surface area contributed by atoms with E-state index in [1.807, 2.05) is 37.3 Å². The van der Waals surface area contributed by atoms with E-state index in [1.165, 1.54) is 0 Å². The predicted molar refractivity (Wildman–Crippen MR) is 111 cm³/mol. The molecule has 33 heavy (non-hydrogen) atoms. The first-order valence-electron chi connectivity index (χ1n) is 10.4. The van der Waals surface area contributed by atoms with Crippen LogP contribution in [0.25, 0.3) is 0 Å². The van der Waals surface area contributed by atoms with Crippen molar-refractivity contribution in [1.29, 1.82) is 0 Å². The van der Waals surface area contributed by atoms with Crippen LogP contribution in [0.4, 0.5) is 13.2 Å². The maximum absolute atomic E-state index is 13.2. The van der Waals surface area contributed by atoms with Gasteiger partial charge in [-0.2, -0.15) is 0 Å². The van der Waals surface area contributed by atoms with Gasteiger partial charge in [-0.25, -0.2) is 0 Å². The molecule has 0 aliphatic rings. The number of benzene rings is 2. The Morgan fingerprint density at radius 2 is 1.67 bits per heavy atom. The number of rotatable bonds is 13. The number of hydrogen-bond donors (Lipinski definition) is 2. The third-order valence-electron chi connectivity index (χ3n) is 4.22. The summed E-state index contributed by atoms with van der Waals surface area (Å²) in [6.45, 7) is 1.11. The molecule has 184 valence electrons. The molecule has 1 amide bonds. The molecule has 0 saturated heterocycles. The molecule has 2 atom stereocenters. The van der Waals surface area contributed by atoms with E-state index in [0.717, 1.165) is 18.4 Å². The number of halogens is 5. The number of unbranched alkanes of at least 4 members (excludes halogenated alkanes) is 1. The normalized spacial score (nSPS) is 13.5. The quantitative estimate of drug-likeness (QED) is 0.0636. The molecule has 2 unspecified atom stereocenters. The van der Waals surface area contributed by atoms with Crippen LogP contribution in [0.2, 0.25) is 0 Å². The monoisotopic (exact) mass is 690 g/mol. The van der Waals surface area contributed by atoms with Crippen LogP contribution in [-0.2, 0) is 18.8 Å². The molecule has 2 rings (SSSR count). The number of carbonyl (C=O) groups is 2. The summed E-state index contributed by atoms with van der Waals surface area (Å²) < 4.78 is 44.8. The van der Waals surface area contributed by atoms with Crippen molar-refractivity contribution in [3.63, 3.8) is 0 Å². The predicted octanol–water partition coefficient (Wildman–Crippen LogP) is -2.04. The molecular weight excluding hydrogens is 663 g/mol. The molecule has 0 aromatic heterocycles. The number of nitrogens with one attached hydrogen (secondary N) is 2. The van der Waals surface area contributed by atoms with Gasteiger partial charge in [0.25, 0.3) is 0 Å². The zero-order chi connectivity index (χ0) is 24.1. The first kappa shape index (κ1) is 27.8. The van der Waals surface area contributed by atoms with Crippen LogP contribution in [0.15, 0.2) is 60.7 Å². The van der Waals surface area contributed by atoms with Gasteiger partial charge in [0.15, 0.2) is 0 Å². The molecule has 2 aromatic rings. The topological polar surface area (TPSA) is 67.4 Å². The Labute approximate surface area is 213 Å². The second-order valence-electron chi connectivity index (χ2n) is 6.97. The van der Waals surface area contributed by atoms with E-state index >= 15 is 0 Å². The molecule has 2 N–H and O–H groups in total. The van der Waals surface area contributed by atoms with Gasteiger partial charge in [-0.1, -0.05) is 0 Å². The maximum atomic E-state index is 13.2. The zero-order valence-electron chi connectivity index (χ0n) is 18.1. The number of alkyl halides is 6. The van der Waals surface area contributed by atoms with Crippen LogP contribution in [0.5, 0.6) is 0 Å². The van der Waals surface area contributed by atoms with Crippen molar-refractivity contribution in [2.24, 2.45) is 0 Å². The standard InChI is InChI=1S/C23H27F3I2N2O3/c1-2-3-14-33-22(32)20(27-15-17-10-6-4-7-11-17)30-21(31)19(18-12-8-5-9-13-18)28-29-16-23(24,25)26/h4-13,19-20,29H,2-3,14-16H2,1H3,(H,30,31)/q-2. The van der Waals surface area contributed by atoms with E-state index in [-0.39, 0.29) is 6.61 Å².